The first-order valence-electron chi connectivity index (χ1n) is 6.62. The van der Waals surface area contributed by atoms with Gasteiger partial charge in [0.05, 0.1) is 36.3 Å². The van der Waals surface area contributed by atoms with Gasteiger partial charge in [0.1, 0.15) is 0 Å². The fraction of sp³-hybridized carbons (Fsp3) is 0.462. The number of sulfonamides is 1. The maximum Gasteiger partial charge on any atom is 0.216 e. The Labute approximate surface area is 118 Å². The predicted octanol–water partition coefficient (Wildman–Crippen LogP) is 0.698. The van der Waals surface area contributed by atoms with Crippen molar-refractivity contribution >= 4 is 21.1 Å². The molecule has 0 N–H and O–H groups in total. The first-order chi connectivity index (χ1) is 9.67. The highest BCUT2D eigenvalue weighted by Gasteiger charge is 2.24. The fourth-order valence-electron chi connectivity index (χ4n) is 2.36. The number of hydrogen-bond donors (Lipinski definition) is 0. The van der Waals surface area contributed by atoms with Gasteiger partial charge in [-0.05, 0) is 12.1 Å². The zero-order valence-electron chi connectivity index (χ0n) is 11.1. The lowest BCUT2D eigenvalue weighted by molar-refractivity contribution is 0.0730. The highest BCUT2D eigenvalue weighted by molar-refractivity contribution is 7.89. The van der Waals surface area contributed by atoms with Crippen molar-refractivity contribution < 1.29 is 13.2 Å². The number of imidazole rings is 1. The number of para-hydroxylation sites is 2. The van der Waals surface area contributed by atoms with Crippen LogP contribution in [-0.2, 0) is 21.3 Å². The molecular formula is C13H17N3O3S. The molecule has 3 rings (SSSR count). The lowest BCUT2D eigenvalue weighted by Gasteiger charge is -2.26. The molecule has 2 heterocycles. The van der Waals surface area contributed by atoms with E-state index in [1.165, 1.54) is 4.31 Å². The summed E-state index contributed by atoms with van der Waals surface area (Å²) in [6, 6.07) is 7.72. The van der Waals surface area contributed by atoms with Gasteiger partial charge in [0.25, 0.3) is 0 Å². The number of nitrogens with zero attached hydrogens (tertiary/aromatic N) is 3. The molecule has 1 aliphatic heterocycles. The van der Waals surface area contributed by atoms with Crippen molar-refractivity contribution in [3.05, 3.63) is 30.6 Å². The van der Waals surface area contributed by atoms with Crippen LogP contribution in [0.5, 0.6) is 0 Å². The van der Waals surface area contributed by atoms with Crippen molar-refractivity contribution in [1.29, 1.82) is 0 Å². The molecule has 2 aromatic rings. The molecule has 0 radical (unpaired) electrons. The summed E-state index contributed by atoms with van der Waals surface area (Å²) >= 11 is 0. The SMILES string of the molecule is O=S(=O)(CCn1cnc2ccccc21)N1CCOCC1. The second-order valence-corrected chi connectivity index (χ2v) is 6.84. The molecular weight excluding hydrogens is 278 g/mol. The zero-order valence-corrected chi connectivity index (χ0v) is 11.9. The number of benzene rings is 1. The van der Waals surface area contributed by atoms with Gasteiger partial charge in [-0.25, -0.2) is 13.4 Å². The topological polar surface area (TPSA) is 64.4 Å². The third-order valence-corrected chi connectivity index (χ3v) is 5.33. The van der Waals surface area contributed by atoms with E-state index in [2.05, 4.69) is 4.98 Å². The normalized spacial score (nSPS) is 17.6. The predicted molar refractivity (Wildman–Crippen MR) is 75.9 cm³/mol. The number of fused-ring (bicyclic) bond motifs is 1. The summed E-state index contributed by atoms with van der Waals surface area (Å²) in [5.74, 6) is 0.0906. The number of hydrogen-bond acceptors (Lipinski definition) is 4. The van der Waals surface area contributed by atoms with Gasteiger partial charge in [-0.1, -0.05) is 12.1 Å². The summed E-state index contributed by atoms with van der Waals surface area (Å²) in [6.45, 7) is 2.28. The second-order valence-electron chi connectivity index (χ2n) is 4.75. The fourth-order valence-corrected chi connectivity index (χ4v) is 3.75. The van der Waals surface area contributed by atoms with E-state index in [1.807, 2.05) is 28.8 Å². The number of ether oxygens (including phenoxy) is 1. The number of rotatable bonds is 4. The molecule has 6 nitrogen and oxygen atoms in total. The summed E-state index contributed by atoms with van der Waals surface area (Å²) in [5, 5.41) is 0. The molecule has 0 amide bonds. The largest absolute Gasteiger partial charge is 0.379 e. The average Bonchev–Trinajstić information content (AvgIpc) is 2.89. The van der Waals surface area contributed by atoms with E-state index in [1.54, 1.807) is 6.33 Å². The summed E-state index contributed by atoms with van der Waals surface area (Å²) in [4.78, 5) is 4.27. The summed E-state index contributed by atoms with van der Waals surface area (Å²) in [6.07, 6.45) is 1.69. The van der Waals surface area contributed by atoms with E-state index < -0.39 is 10.0 Å². The van der Waals surface area contributed by atoms with E-state index in [4.69, 9.17) is 4.74 Å². The van der Waals surface area contributed by atoms with Crippen molar-refractivity contribution in [2.75, 3.05) is 32.1 Å². The molecule has 1 saturated heterocycles. The number of aryl methyl sites for hydroxylation is 1. The van der Waals surface area contributed by atoms with Crippen molar-refractivity contribution in [2.45, 2.75) is 6.54 Å². The minimum atomic E-state index is -3.22. The molecule has 0 spiro atoms. The Morgan fingerprint density at radius 1 is 1.20 bits per heavy atom. The Hall–Kier alpha value is -1.44. The van der Waals surface area contributed by atoms with Crippen LogP contribution in [0.15, 0.2) is 30.6 Å². The minimum absolute atomic E-state index is 0.0906. The Bertz CT molecular complexity index is 690. The van der Waals surface area contributed by atoms with Crippen LogP contribution < -0.4 is 0 Å². The molecule has 0 bridgehead atoms. The molecule has 20 heavy (non-hydrogen) atoms. The Kier molecular flexibility index (Phi) is 3.73. The van der Waals surface area contributed by atoms with Crippen LogP contribution in [0, 0.1) is 0 Å². The lowest BCUT2D eigenvalue weighted by Crippen LogP contribution is -2.42. The quantitative estimate of drug-likeness (QED) is 0.833. The van der Waals surface area contributed by atoms with Gasteiger partial charge in [0.15, 0.2) is 0 Å². The van der Waals surface area contributed by atoms with Crippen molar-refractivity contribution in [1.82, 2.24) is 13.9 Å². The van der Waals surface area contributed by atoms with Crippen LogP contribution >= 0.6 is 0 Å². The molecule has 108 valence electrons. The van der Waals surface area contributed by atoms with E-state index in [-0.39, 0.29) is 5.75 Å². The van der Waals surface area contributed by atoms with Gasteiger partial charge in [-0.2, -0.15) is 4.31 Å². The molecule has 1 fully saturated rings. The average molecular weight is 295 g/mol. The van der Waals surface area contributed by atoms with Gasteiger partial charge in [0.2, 0.25) is 10.0 Å². The third-order valence-electron chi connectivity index (χ3n) is 3.48. The maximum absolute atomic E-state index is 12.3. The summed E-state index contributed by atoms with van der Waals surface area (Å²) in [5.41, 5.74) is 1.85. The Morgan fingerprint density at radius 2 is 1.95 bits per heavy atom. The molecule has 0 saturated carbocycles. The number of aromatic nitrogens is 2. The van der Waals surface area contributed by atoms with Crippen LogP contribution in [-0.4, -0.2) is 54.3 Å². The minimum Gasteiger partial charge on any atom is -0.379 e. The van der Waals surface area contributed by atoms with Crippen LogP contribution in [0.2, 0.25) is 0 Å². The van der Waals surface area contributed by atoms with Gasteiger partial charge in [-0.3, -0.25) is 0 Å². The summed E-state index contributed by atoms with van der Waals surface area (Å²) < 4.78 is 33.1. The van der Waals surface area contributed by atoms with Gasteiger partial charge in [-0.15, -0.1) is 0 Å². The zero-order chi connectivity index (χ0) is 14.0. The molecule has 0 unspecified atom stereocenters. The molecule has 0 aliphatic carbocycles. The standard InChI is InChI=1S/C13H17N3O3S/c17-20(18,16-5-8-19-9-6-16)10-7-15-11-14-12-3-1-2-4-13(12)15/h1-4,11H,5-10H2. The molecule has 7 heteroatoms. The monoisotopic (exact) mass is 295 g/mol. The third kappa shape index (κ3) is 2.70. The maximum atomic E-state index is 12.3. The number of morpholine rings is 1. The van der Waals surface area contributed by atoms with Crippen LogP contribution in [0.25, 0.3) is 11.0 Å². The molecule has 0 atom stereocenters. The van der Waals surface area contributed by atoms with E-state index in [0.29, 0.717) is 32.8 Å². The van der Waals surface area contributed by atoms with Crippen LogP contribution in [0.4, 0.5) is 0 Å². The van der Waals surface area contributed by atoms with Gasteiger partial charge in [0, 0.05) is 19.6 Å². The smallest absolute Gasteiger partial charge is 0.216 e. The van der Waals surface area contributed by atoms with Gasteiger partial charge >= 0.3 is 0 Å². The lowest BCUT2D eigenvalue weighted by atomic mass is 10.3. The highest BCUT2D eigenvalue weighted by Crippen LogP contribution is 2.13. The van der Waals surface area contributed by atoms with Gasteiger partial charge < -0.3 is 9.30 Å². The van der Waals surface area contributed by atoms with Crippen molar-refractivity contribution in [3.8, 4) is 0 Å². The Balaban J connectivity index is 1.72. The van der Waals surface area contributed by atoms with Crippen LogP contribution in [0.1, 0.15) is 0 Å². The van der Waals surface area contributed by atoms with E-state index >= 15 is 0 Å². The molecule has 1 aromatic carbocycles. The Morgan fingerprint density at radius 3 is 2.75 bits per heavy atom. The van der Waals surface area contributed by atoms with Crippen molar-refractivity contribution in [2.24, 2.45) is 0 Å². The van der Waals surface area contributed by atoms with Crippen molar-refractivity contribution in [3.63, 3.8) is 0 Å². The van der Waals surface area contributed by atoms with E-state index in [0.717, 1.165) is 11.0 Å². The highest BCUT2D eigenvalue weighted by atomic mass is 32.2. The molecule has 1 aliphatic rings. The first kappa shape index (κ1) is 13.5. The van der Waals surface area contributed by atoms with Crippen LogP contribution in [0.3, 0.4) is 0 Å². The summed E-state index contributed by atoms with van der Waals surface area (Å²) in [7, 11) is -3.22. The first-order valence-corrected chi connectivity index (χ1v) is 8.23. The second kappa shape index (κ2) is 5.51. The molecule has 1 aromatic heterocycles. The van der Waals surface area contributed by atoms with E-state index in [9.17, 15) is 8.42 Å².